The van der Waals surface area contributed by atoms with Crippen molar-refractivity contribution in [3.8, 4) is 5.75 Å². The Bertz CT molecular complexity index is 785. The fourth-order valence-corrected chi connectivity index (χ4v) is 2.97. The van der Waals surface area contributed by atoms with E-state index in [0.29, 0.717) is 0 Å². The van der Waals surface area contributed by atoms with E-state index < -0.39 is 0 Å². The molecular formula is C22H24N2O. The Kier molecular flexibility index (Phi) is 5.70. The Morgan fingerprint density at radius 2 is 1.64 bits per heavy atom. The number of anilines is 1. The van der Waals surface area contributed by atoms with Crippen molar-refractivity contribution in [2.45, 2.75) is 12.5 Å². The largest absolute Gasteiger partial charge is 0.497 e. The van der Waals surface area contributed by atoms with E-state index in [1.807, 2.05) is 36.4 Å². The molecule has 25 heavy (non-hydrogen) atoms. The van der Waals surface area contributed by atoms with Gasteiger partial charge in [-0.25, -0.2) is 0 Å². The van der Waals surface area contributed by atoms with Crippen LogP contribution in [0.3, 0.4) is 0 Å². The number of methoxy groups -OCH3 is 1. The van der Waals surface area contributed by atoms with Crippen molar-refractivity contribution in [3.05, 3.63) is 95.6 Å². The van der Waals surface area contributed by atoms with Crippen molar-refractivity contribution in [1.82, 2.24) is 5.32 Å². The number of rotatable bonds is 7. The van der Waals surface area contributed by atoms with Gasteiger partial charge in [-0.1, -0.05) is 54.6 Å². The lowest BCUT2D eigenvalue weighted by Crippen LogP contribution is -2.24. The van der Waals surface area contributed by atoms with Crippen LogP contribution >= 0.6 is 0 Å². The van der Waals surface area contributed by atoms with Crippen molar-refractivity contribution in [3.63, 3.8) is 0 Å². The van der Waals surface area contributed by atoms with Crippen molar-refractivity contribution in [2.75, 3.05) is 19.4 Å². The highest BCUT2D eigenvalue weighted by Crippen LogP contribution is 2.25. The first-order valence-corrected chi connectivity index (χ1v) is 8.53. The van der Waals surface area contributed by atoms with E-state index in [9.17, 15) is 0 Å². The smallest absolute Gasteiger partial charge is 0.118 e. The van der Waals surface area contributed by atoms with Crippen LogP contribution in [-0.2, 0) is 6.42 Å². The molecule has 0 saturated carbocycles. The zero-order valence-electron chi connectivity index (χ0n) is 14.5. The van der Waals surface area contributed by atoms with Crippen LogP contribution < -0.4 is 15.8 Å². The predicted octanol–water partition coefficient (Wildman–Crippen LogP) is 4.20. The van der Waals surface area contributed by atoms with Gasteiger partial charge < -0.3 is 15.8 Å². The molecule has 3 N–H and O–H groups in total. The molecule has 3 aromatic carbocycles. The summed E-state index contributed by atoms with van der Waals surface area (Å²) in [6, 6.07) is 26.9. The third-order valence-electron chi connectivity index (χ3n) is 4.30. The summed E-state index contributed by atoms with van der Waals surface area (Å²) < 4.78 is 5.27. The van der Waals surface area contributed by atoms with Crippen LogP contribution in [-0.4, -0.2) is 13.7 Å². The van der Waals surface area contributed by atoms with Gasteiger partial charge in [0.05, 0.1) is 13.2 Å². The van der Waals surface area contributed by atoms with Crippen molar-refractivity contribution >= 4 is 5.69 Å². The van der Waals surface area contributed by atoms with E-state index in [2.05, 4.69) is 47.8 Å². The average Bonchev–Trinajstić information content (AvgIpc) is 2.66. The lowest BCUT2D eigenvalue weighted by molar-refractivity contribution is 0.414. The van der Waals surface area contributed by atoms with E-state index in [1.54, 1.807) is 7.11 Å². The zero-order valence-corrected chi connectivity index (χ0v) is 14.5. The summed E-state index contributed by atoms with van der Waals surface area (Å²) in [6.45, 7) is 0.884. The number of hydrogen-bond donors (Lipinski definition) is 2. The molecule has 0 fully saturated rings. The molecule has 3 heteroatoms. The quantitative estimate of drug-likeness (QED) is 0.638. The standard InChI is InChI=1S/C22H24N2O/c1-25-21-12-10-18(11-13-21)22(19-8-5-9-20(23)16-19)24-15-14-17-6-3-2-4-7-17/h2-13,16,22,24H,14-15,23H2,1H3. The molecule has 0 aromatic heterocycles. The molecule has 3 rings (SSSR count). The van der Waals surface area contributed by atoms with Gasteiger partial charge in [-0.15, -0.1) is 0 Å². The third kappa shape index (κ3) is 4.61. The Balaban J connectivity index is 1.78. The van der Waals surface area contributed by atoms with Crippen molar-refractivity contribution in [2.24, 2.45) is 0 Å². The van der Waals surface area contributed by atoms with Crippen LogP contribution in [0.5, 0.6) is 5.75 Å². The van der Waals surface area contributed by atoms with Crippen molar-refractivity contribution in [1.29, 1.82) is 0 Å². The first kappa shape index (κ1) is 17.1. The monoisotopic (exact) mass is 332 g/mol. The highest BCUT2D eigenvalue weighted by atomic mass is 16.5. The summed E-state index contributed by atoms with van der Waals surface area (Å²) in [7, 11) is 1.68. The summed E-state index contributed by atoms with van der Waals surface area (Å²) in [5, 5.41) is 3.67. The van der Waals surface area contributed by atoms with Gasteiger partial charge in [-0.05, 0) is 47.4 Å². The molecule has 1 unspecified atom stereocenters. The third-order valence-corrected chi connectivity index (χ3v) is 4.30. The molecule has 0 bridgehead atoms. The molecule has 0 spiro atoms. The number of ether oxygens (including phenoxy) is 1. The van der Waals surface area contributed by atoms with Gasteiger partial charge in [-0.3, -0.25) is 0 Å². The summed E-state index contributed by atoms with van der Waals surface area (Å²) >= 11 is 0. The summed E-state index contributed by atoms with van der Waals surface area (Å²) in [4.78, 5) is 0. The molecule has 0 aliphatic carbocycles. The van der Waals surface area contributed by atoms with Gasteiger partial charge in [-0.2, -0.15) is 0 Å². The minimum absolute atomic E-state index is 0.0955. The maximum atomic E-state index is 5.99. The first-order valence-electron chi connectivity index (χ1n) is 8.53. The molecule has 0 aliphatic rings. The Hall–Kier alpha value is -2.78. The zero-order chi connectivity index (χ0) is 17.5. The van der Waals surface area contributed by atoms with E-state index in [0.717, 1.165) is 24.4 Å². The molecule has 0 saturated heterocycles. The minimum atomic E-state index is 0.0955. The lowest BCUT2D eigenvalue weighted by Gasteiger charge is -2.21. The normalized spacial score (nSPS) is 11.9. The fourth-order valence-electron chi connectivity index (χ4n) is 2.97. The number of nitrogen functional groups attached to an aromatic ring is 1. The molecule has 0 radical (unpaired) electrons. The van der Waals surface area contributed by atoms with Crippen LogP contribution in [0.2, 0.25) is 0 Å². The van der Waals surface area contributed by atoms with Crippen LogP contribution in [0.25, 0.3) is 0 Å². The molecule has 1 atom stereocenters. The van der Waals surface area contributed by atoms with E-state index in [-0.39, 0.29) is 6.04 Å². The topological polar surface area (TPSA) is 47.3 Å². The summed E-state index contributed by atoms with van der Waals surface area (Å²) in [5.74, 6) is 0.861. The highest BCUT2D eigenvalue weighted by Gasteiger charge is 2.14. The number of benzene rings is 3. The van der Waals surface area contributed by atoms with Gasteiger partial charge >= 0.3 is 0 Å². The SMILES string of the molecule is COc1ccc(C(NCCc2ccccc2)c2cccc(N)c2)cc1. The maximum Gasteiger partial charge on any atom is 0.118 e. The predicted molar refractivity (Wildman–Crippen MR) is 104 cm³/mol. The second kappa shape index (κ2) is 8.36. The average molecular weight is 332 g/mol. The van der Waals surface area contributed by atoms with Gasteiger partial charge in [0.15, 0.2) is 0 Å². The maximum absolute atomic E-state index is 5.99. The lowest BCUT2D eigenvalue weighted by atomic mass is 9.97. The molecule has 0 amide bonds. The van der Waals surface area contributed by atoms with Gasteiger partial charge in [0.2, 0.25) is 0 Å². The van der Waals surface area contributed by atoms with Crippen molar-refractivity contribution < 1.29 is 4.74 Å². The number of hydrogen-bond acceptors (Lipinski definition) is 3. The molecule has 3 aromatic rings. The van der Waals surface area contributed by atoms with E-state index in [4.69, 9.17) is 10.5 Å². The number of nitrogens with two attached hydrogens (primary N) is 1. The van der Waals surface area contributed by atoms with Crippen LogP contribution in [0.1, 0.15) is 22.7 Å². The van der Waals surface area contributed by atoms with Crippen LogP contribution in [0.15, 0.2) is 78.9 Å². The van der Waals surface area contributed by atoms with Gasteiger partial charge in [0, 0.05) is 12.2 Å². The first-order chi connectivity index (χ1) is 12.3. The second-order valence-corrected chi connectivity index (χ2v) is 6.07. The molecular weight excluding hydrogens is 308 g/mol. The second-order valence-electron chi connectivity index (χ2n) is 6.07. The van der Waals surface area contributed by atoms with Crippen LogP contribution in [0.4, 0.5) is 5.69 Å². The molecule has 3 nitrogen and oxygen atoms in total. The summed E-state index contributed by atoms with van der Waals surface area (Å²) in [5.41, 5.74) is 10.5. The van der Waals surface area contributed by atoms with E-state index >= 15 is 0 Å². The molecule has 128 valence electrons. The Morgan fingerprint density at radius 3 is 2.32 bits per heavy atom. The minimum Gasteiger partial charge on any atom is -0.497 e. The highest BCUT2D eigenvalue weighted by molar-refractivity contribution is 5.45. The molecule has 0 aliphatic heterocycles. The molecule has 0 heterocycles. The Labute approximate surface area is 149 Å². The Morgan fingerprint density at radius 1 is 0.880 bits per heavy atom. The fraction of sp³-hybridized carbons (Fsp3) is 0.182. The van der Waals surface area contributed by atoms with Crippen LogP contribution in [0, 0.1) is 0 Å². The van der Waals surface area contributed by atoms with Gasteiger partial charge in [0.25, 0.3) is 0 Å². The number of nitrogens with one attached hydrogen (secondary N) is 1. The summed E-state index contributed by atoms with van der Waals surface area (Å²) in [6.07, 6.45) is 0.982. The van der Waals surface area contributed by atoms with Gasteiger partial charge in [0.1, 0.15) is 5.75 Å². The van der Waals surface area contributed by atoms with E-state index in [1.165, 1.54) is 16.7 Å².